The third kappa shape index (κ3) is 3.02. The summed E-state index contributed by atoms with van der Waals surface area (Å²) in [6, 6.07) is 9.55. The Bertz CT molecular complexity index is 810. The number of anilines is 1. The lowest BCUT2D eigenvalue weighted by molar-refractivity contribution is 0.0751. The van der Waals surface area contributed by atoms with E-state index in [4.69, 9.17) is 0 Å². The number of nitrogens with zero attached hydrogens (tertiary/aromatic N) is 5. The van der Waals surface area contributed by atoms with E-state index in [2.05, 4.69) is 20.1 Å². The second-order valence-corrected chi connectivity index (χ2v) is 7.26. The standard InChI is InChI=1S/C16H15N5OS2/c22-15(13-5-3-11-23-13)20-7-9-21(10-8-20)16-19-18-14(24-16)12-4-1-2-6-17-12/h1-6,11H,7-10H2. The molecular weight excluding hydrogens is 342 g/mol. The Morgan fingerprint density at radius 2 is 1.92 bits per heavy atom. The van der Waals surface area contributed by atoms with Crippen LogP contribution in [0.15, 0.2) is 41.9 Å². The zero-order valence-electron chi connectivity index (χ0n) is 12.8. The van der Waals surface area contributed by atoms with Crippen molar-refractivity contribution in [1.29, 1.82) is 0 Å². The van der Waals surface area contributed by atoms with E-state index >= 15 is 0 Å². The van der Waals surface area contributed by atoms with Gasteiger partial charge in [0.25, 0.3) is 5.91 Å². The molecule has 1 saturated heterocycles. The van der Waals surface area contributed by atoms with Crippen LogP contribution in [0, 0.1) is 0 Å². The molecule has 0 unspecified atom stereocenters. The van der Waals surface area contributed by atoms with E-state index < -0.39 is 0 Å². The van der Waals surface area contributed by atoms with Gasteiger partial charge in [0.2, 0.25) is 5.13 Å². The molecule has 1 aliphatic heterocycles. The summed E-state index contributed by atoms with van der Waals surface area (Å²) >= 11 is 3.03. The van der Waals surface area contributed by atoms with Crippen LogP contribution in [0.3, 0.4) is 0 Å². The quantitative estimate of drug-likeness (QED) is 0.721. The van der Waals surface area contributed by atoms with E-state index in [9.17, 15) is 4.79 Å². The molecule has 0 radical (unpaired) electrons. The molecule has 1 amide bonds. The number of hydrogen-bond donors (Lipinski definition) is 0. The molecule has 122 valence electrons. The second kappa shape index (κ2) is 6.66. The minimum absolute atomic E-state index is 0.121. The molecule has 0 saturated carbocycles. The molecule has 0 aliphatic carbocycles. The van der Waals surface area contributed by atoms with E-state index in [1.54, 1.807) is 6.20 Å². The Morgan fingerprint density at radius 3 is 2.62 bits per heavy atom. The van der Waals surface area contributed by atoms with Crippen molar-refractivity contribution in [2.45, 2.75) is 0 Å². The summed E-state index contributed by atoms with van der Waals surface area (Å²) in [7, 11) is 0. The molecule has 8 heteroatoms. The molecule has 0 bridgehead atoms. The fourth-order valence-corrected chi connectivity index (χ4v) is 4.16. The number of rotatable bonds is 3. The van der Waals surface area contributed by atoms with Gasteiger partial charge >= 0.3 is 0 Å². The highest BCUT2D eigenvalue weighted by atomic mass is 32.1. The van der Waals surface area contributed by atoms with E-state index in [1.807, 2.05) is 40.6 Å². The van der Waals surface area contributed by atoms with Crippen molar-refractivity contribution < 1.29 is 4.79 Å². The topological polar surface area (TPSA) is 62.2 Å². The molecule has 0 N–H and O–H groups in total. The van der Waals surface area contributed by atoms with Crippen LogP contribution in [0.1, 0.15) is 9.67 Å². The van der Waals surface area contributed by atoms with Gasteiger partial charge in [-0.05, 0) is 23.6 Å². The zero-order chi connectivity index (χ0) is 16.4. The number of aromatic nitrogens is 3. The van der Waals surface area contributed by atoms with Gasteiger partial charge in [0, 0.05) is 32.4 Å². The second-order valence-electron chi connectivity index (χ2n) is 5.36. The summed E-state index contributed by atoms with van der Waals surface area (Å²) in [4.78, 5) is 21.6. The summed E-state index contributed by atoms with van der Waals surface area (Å²) in [6.07, 6.45) is 1.76. The molecule has 3 aromatic heterocycles. The third-order valence-electron chi connectivity index (χ3n) is 3.87. The smallest absolute Gasteiger partial charge is 0.264 e. The van der Waals surface area contributed by atoms with Gasteiger partial charge in [-0.25, -0.2) is 0 Å². The van der Waals surface area contributed by atoms with Crippen molar-refractivity contribution in [3.8, 4) is 10.7 Å². The maximum Gasteiger partial charge on any atom is 0.264 e. The van der Waals surface area contributed by atoms with E-state index in [0.717, 1.165) is 33.8 Å². The van der Waals surface area contributed by atoms with E-state index in [0.29, 0.717) is 13.1 Å². The molecule has 0 atom stereocenters. The van der Waals surface area contributed by atoms with Gasteiger partial charge in [-0.1, -0.05) is 23.5 Å². The minimum atomic E-state index is 0.121. The molecule has 4 rings (SSSR count). The Morgan fingerprint density at radius 1 is 1.04 bits per heavy atom. The molecule has 24 heavy (non-hydrogen) atoms. The van der Waals surface area contributed by atoms with E-state index in [1.165, 1.54) is 22.7 Å². The van der Waals surface area contributed by atoms with Gasteiger partial charge in [-0.15, -0.1) is 21.5 Å². The predicted octanol–water partition coefficient (Wildman–Crippen LogP) is 2.62. The van der Waals surface area contributed by atoms with Gasteiger partial charge in [-0.2, -0.15) is 0 Å². The fraction of sp³-hybridized carbons (Fsp3) is 0.250. The number of carbonyl (C=O) groups is 1. The predicted molar refractivity (Wildman–Crippen MR) is 95.6 cm³/mol. The Hall–Kier alpha value is -2.32. The molecule has 6 nitrogen and oxygen atoms in total. The van der Waals surface area contributed by atoms with Crippen LogP contribution in [0.25, 0.3) is 10.7 Å². The first-order chi connectivity index (χ1) is 11.8. The van der Waals surface area contributed by atoms with Crippen molar-refractivity contribution in [3.05, 3.63) is 46.8 Å². The molecule has 1 aliphatic rings. The first kappa shape index (κ1) is 15.2. The number of carbonyl (C=O) groups excluding carboxylic acids is 1. The minimum Gasteiger partial charge on any atom is -0.343 e. The molecular formula is C16H15N5OS2. The lowest BCUT2D eigenvalue weighted by Gasteiger charge is -2.34. The average molecular weight is 357 g/mol. The van der Waals surface area contributed by atoms with Crippen LogP contribution in [0.2, 0.25) is 0 Å². The van der Waals surface area contributed by atoms with Gasteiger partial charge in [0.1, 0.15) is 5.69 Å². The first-order valence-corrected chi connectivity index (χ1v) is 9.33. The lowest BCUT2D eigenvalue weighted by atomic mass is 10.3. The van der Waals surface area contributed by atoms with Crippen LogP contribution >= 0.6 is 22.7 Å². The van der Waals surface area contributed by atoms with Crippen LogP contribution in [-0.4, -0.2) is 52.2 Å². The summed E-state index contributed by atoms with van der Waals surface area (Å²) in [5.41, 5.74) is 0.841. The third-order valence-corrected chi connectivity index (χ3v) is 5.73. The zero-order valence-corrected chi connectivity index (χ0v) is 14.5. The molecule has 3 aromatic rings. The highest BCUT2D eigenvalue weighted by Crippen LogP contribution is 2.28. The van der Waals surface area contributed by atoms with Crippen molar-refractivity contribution in [2.75, 3.05) is 31.1 Å². The highest BCUT2D eigenvalue weighted by molar-refractivity contribution is 7.18. The largest absolute Gasteiger partial charge is 0.343 e. The van der Waals surface area contributed by atoms with Gasteiger partial charge in [0.05, 0.1) is 4.88 Å². The first-order valence-electron chi connectivity index (χ1n) is 7.64. The van der Waals surface area contributed by atoms with Crippen LogP contribution < -0.4 is 4.90 Å². The van der Waals surface area contributed by atoms with Crippen molar-refractivity contribution in [1.82, 2.24) is 20.1 Å². The van der Waals surface area contributed by atoms with Crippen molar-refractivity contribution in [3.63, 3.8) is 0 Å². The van der Waals surface area contributed by atoms with Gasteiger partial charge < -0.3 is 9.80 Å². The van der Waals surface area contributed by atoms with Crippen LogP contribution in [0.5, 0.6) is 0 Å². The summed E-state index contributed by atoms with van der Waals surface area (Å²) in [5.74, 6) is 0.121. The number of piperazine rings is 1. The molecule has 1 fully saturated rings. The number of amides is 1. The number of pyridine rings is 1. The lowest BCUT2D eigenvalue weighted by Crippen LogP contribution is -2.48. The van der Waals surface area contributed by atoms with E-state index in [-0.39, 0.29) is 5.91 Å². The van der Waals surface area contributed by atoms with Crippen molar-refractivity contribution >= 4 is 33.7 Å². The Labute approximate surface area is 147 Å². The van der Waals surface area contributed by atoms with Crippen molar-refractivity contribution in [2.24, 2.45) is 0 Å². The van der Waals surface area contributed by atoms with Gasteiger partial charge in [-0.3, -0.25) is 9.78 Å². The maximum atomic E-state index is 12.4. The Kier molecular flexibility index (Phi) is 4.22. The summed E-state index contributed by atoms with van der Waals surface area (Å²) in [6.45, 7) is 2.95. The maximum absolute atomic E-state index is 12.4. The fourth-order valence-electron chi connectivity index (χ4n) is 2.59. The monoisotopic (exact) mass is 357 g/mol. The SMILES string of the molecule is O=C(c1cccs1)N1CCN(c2nnc(-c3ccccn3)s2)CC1. The number of hydrogen-bond acceptors (Lipinski definition) is 7. The average Bonchev–Trinajstić information content (AvgIpc) is 3.34. The summed E-state index contributed by atoms with van der Waals surface area (Å²) < 4.78 is 0. The summed E-state index contributed by atoms with van der Waals surface area (Å²) in [5, 5.41) is 12.2. The molecule has 0 spiro atoms. The highest BCUT2D eigenvalue weighted by Gasteiger charge is 2.24. The Balaban J connectivity index is 1.41. The molecule has 0 aromatic carbocycles. The van der Waals surface area contributed by atoms with Crippen LogP contribution in [-0.2, 0) is 0 Å². The molecule has 4 heterocycles. The van der Waals surface area contributed by atoms with Gasteiger partial charge in [0.15, 0.2) is 5.01 Å². The number of thiophene rings is 1. The van der Waals surface area contributed by atoms with Crippen LogP contribution in [0.4, 0.5) is 5.13 Å². The normalized spacial score (nSPS) is 14.8.